The van der Waals surface area contributed by atoms with Gasteiger partial charge in [-0.1, -0.05) is 50.6 Å². The van der Waals surface area contributed by atoms with Crippen molar-refractivity contribution in [1.82, 2.24) is 0 Å². The van der Waals surface area contributed by atoms with Gasteiger partial charge in [0.2, 0.25) is 0 Å². The third-order valence-electron chi connectivity index (χ3n) is 3.11. The Morgan fingerprint density at radius 2 is 1.70 bits per heavy atom. The van der Waals surface area contributed by atoms with Gasteiger partial charge < -0.3 is 4.74 Å². The van der Waals surface area contributed by atoms with Crippen LogP contribution in [0.25, 0.3) is 0 Å². The Morgan fingerprint density at radius 1 is 1.05 bits per heavy atom. The molecule has 0 amide bonds. The van der Waals surface area contributed by atoms with Gasteiger partial charge in [-0.05, 0) is 56.7 Å². The number of ether oxygens (including phenoxy) is 1. The summed E-state index contributed by atoms with van der Waals surface area (Å²) in [7, 11) is 0. The molecule has 0 heterocycles. The van der Waals surface area contributed by atoms with Crippen molar-refractivity contribution in [3.63, 3.8) is 0 Å². The first-order chi connectivity index (χ1) is 9.36. The molecule has 0 aliphatic rings. The van der Waals surface area contributed by atoms with Gasteiger partial charge in [0.15, 0.2) is 0 Å². The average Bonchev–Trinajstić information content (AvgIpc) is 2.38. The van der Waals surface area contributed by atoms with E-state index in [2.05, 4.69) is 48.8 Å². The van der Waals surface area contributed by atoms with Crippen LogP contribution < -0.4 is 4.74 Å². The van der Waals surface area contributed by atoms with Gasteiger partial charge in [0.1, 0.15) is 12.4 Å². The van der Waals surface area contributed by atoms with Gasteiger partial charge in [-0.3, -0.25) is 0 Å². The van der Waals surface area contributed by atoms with Crippen molar-refractivity contribution in [1.29, 1.82) is 0 Å². The zero-order valence-corrected chi connectivity index (χ0v) is 14.3. The van der Waals surface area contributed by atoms with E-state index in [1.807, 2.05) is 30.3 Å². The minimum Gasteiger partial charge on any atom is -0.488 e. The molecule has 0 N–H and O–H groups in total. The largest absolute Gasteiger partial charge is 0.488 e. The first kappa shape index (κ1) is 15.4. The third-order valence-corrected chi connectivity index (χ3v) is 3.98. The Balaban J connectivity index is 2.08. The summed E-state index contributed by atoms with van der Waals surface area (Å²) < 4.78 is 6.83. The van der Waals surface area contributed by atoms with Crippen molar-refractivity contribution in [3.8, 4) is 5.75 Å². The molecule has 0 aromatic heterocycles. The van der Waals surface area contributed by atoms with Gasteiger partial charge in [0.05, 0.1) is 4.47 Å². The SMILES string of the molecule is CC(C)(C)c1ccc(OCc2ccc(Cl)cc2)c(Br)c1. The van der Waals surface area contributed by atoms with Crippen molar-refractivity contribution in [2.45, 2.75) is 32.8 Å². The Bertz CT molecular complexity index is 585. The molecule has 0 saturated carbocycles. The molecule has 20 heavy (non-hydrogen) atoms. The molecular weight excluding hydrogens is 336 g/mol. The quantitative estimate of drug-likeness (QED) is 0.659. The highest BCUT2D eigenvalue weighted by Gasteiger charge is 2.15. The summed E-state index contributed by atoms with van der Waals surface area (Å²) in [5.41, 5.74) is 2.52. The van der Waals surface area contributed by atoms with E-state index in [1.54, 1.807) is 0 Å². The van der Waals surface area contributed by atoms with Crippen molar-refractivity contribution in [3.05, 3.63) is 63.1 Å². The molecule has 0 atom stereocenters. The van der Waals surface area contributed by atoms with Gasteiger partial charge >= 0.3 is 0 Å². The lowest BCUT2D eigenvalue weighted by Gasteiger charge is -2.20. The lowest BCUT2D eigenvalue weighted by molar-refractivity contribution is 0.304. The molecule has 2 rings (SSSR count). The summed E-state index contributed by atoms with van der Waals surface area (Å²) in [5, 5.41) is 0.740. The first-order valence-corrected chi connectivity index (χ1v) is 7.70. The summed E-state index contributed by atoms with van der Waals surface area (Å²) >= 11 is 9.44. The Kier molecular flexibility index (Phi) is 4.77. The topological polar surface area (TPSA) is 9.23 Å². The second-order valence-corrected chi connectivity index (χ2v) is 7.10. The summed E-state index contributed by atoms with van der Waals surface area (Å²) in [4.78, 5) is 0. The number of halogens is 2. The van der Waals surface area contributed by atoms with Crippen LogP contribution in [0.15, 0.2) is 46.9 Å². The summed E-state index contributed by atoms with van der Waals surface area (Å²) in [6, 6.07) is 13.9. The van der Waals surface area contributed by atoms with Gasteiger partial charge in [0.25, 0.3) is 0 Å². The minimum absolute atomic E-state index is 0.136. The van der Waals surface area contributed by atoms with Crippen molar-refractivity contribution in [2.24, 2.45) is 0 Å². The molecule has 1 nitrogen and oxygen atoms in total. The Morgan fingerprint density at radius 3 is 2.25 bits per heavy atom. The fraction of sp³-hybridized carbons (Fsp3) is 0.294. The first-order valence-electron chi connectivity index (χ1n) is 6.53. The zero-order chi connectivity index (χ0) is 14.8. The lowest BCUT2D eigenvalue weighted by atomic mass is 9.87. The molecule has 0 radical (unpaired) electrons. The van der Waals surface area contributed by atoms with Crippen molar-refractivity contribution in [2.75, 3.05) is 0 Å². The van der Waals surface area contributed by atoms with E-state index in [0.717, 1.165) is 20.8 Å². The molecule has 0 aliphatic carbocycles. The minimum atomic E-state index is 0.136. The third kappa shape index (κ3) is 4.00. The summed E-state index contributed by atoms with van der Waals surface area (Å²) in [6.45, 7) is 7.12. The fourth-order valence-corrected chi connectivity index (χ4v) is 2.45. The van der Waals surface area contributed by atoms with E-state index in [9.17, 15) is 0 Å². The van der Waals surface area contributed by atoms with E-state index in [0.29, 0.717) is 6.61 Å². The van der Waals surface area contributed by atoms with E-state index in [1.165, 1.54) is 5.56 Å². The summed E-state index contributed by atoms with van der Waals surface area (Å²) in [6.07, 6.45) is 0. The maximum atomic E-state index is 5.87. The molecule has 0 bridgehead atoms. The molecule has 0 spiro atoms. The predicted molar refractivity (Wildman–Crippen MR) is 88.6 cm³/mol. The smallest absolute Gasteiger partial charge is 0.134 e. The van der Waals surface area contributed by atoms with Crippen LogP contribution in [0.3, 0.4) is 0 Å². The van der Waals surface area contributed by atoms with Crippen LogP contribution in [-0.2, 0) is 12.0 Å². The van der Waals surface area contributed by atoms with E-state index in [-0.39, 0.29) is 5.41 Å². The molecule has 0 aliphatic heterocycles. The predicted octanol–water partition coefficient (Wildman–Crippen LogP) is 5.98. The van der Waals surface area contributed by atoms with Crippen LogP contribution in [-0.4, -0.2) is 0 Å². The van der Waals surface area contributed by atoms with Gasteiger partial charge in [-0.15, -0.1) is 0 Å². The molecule has 2 aromatic carbocycles. The Labute approximate surface area is 134 Å². The van der Waals surface area contributed by atoms with Crippen LogP contribution >= 0.6 is 27.5 Å². The number of benzene rings is 2. The molecule has 0 fully saturated rings. The van der Waals surface area contributed by atoms with E-state index in [4.69, 9.17) is 16.3 Å². The van der Waals surface area contributed by atoms with Crippen molar-refractivity contribution < 1.29 is 4.74 Å². The number of hydrogen-bond acceptors (Lipinski definition) is 1. The molecular formula is C17H18BrClO. The second-order valence-electron chi connectivity index (χ2n) is 5.81. The van der Waals surface area contributed by atoms with Crippen LogP contribution in [0.1, 0.15) is 31.9 Å². The van der Waals surface area contributed by atoms with Crippen molar-refractivity contribution >= 4 is 27.5 Å². The van der Waals surface area contributed by atoms with Crippen LogP contribution in [0.2, 0.25) is 5.02 Å². The number of rotatable bonds is 3. The maximum Gasteiger partial charge on any atom is 0.134 e. The number of hydrogen-bond donors (Lipinski definition) is 0. The highest BCUT2D eigenvalue weighted by Crippen LogP contribution is 2.31. The monoisotopic (exact) mass is 352 g/mol. The van der Waals surface area contributed by atoms with Gasteiger partial charge in [-0.2, -0.15) is 0 Å². The molecule has 106 valence electrons. The highest BCUT2D eigenvalue weighted by atomic mass is 79.9. The molecule has 2 aromatic rings. The Hall–Kier alpha value is -0.990. The second kappa shape index (κ2) is 6.19. The van der Waals surface area contributed by atoms with Crippen LogP contribution in [0, 0.1) is 0 Å². The molecule has 0 saturated heterocycles. The van der Waals surface area contributed by atoms with E-state index >= 15 is 0 Å². The van der Waals surface area contributed by atoms with Gasteiger partial charge in [0, 0.05) is 5.02 Å². The molecule has 3 heteroatoms. The lowest BCUT2D eigenvalue weighted by Crippen LogP contribution is -2.11. The fourth-order valence-electron chi connectivity index (χ4n) is 1.83. The highest BCUT2D eigenvalue weighted by molar-refractivity contribution is 9.10. The standard InChI is InChI=1S/C17H18BrClO/c1-17(2,3)13-6-9-16(15(18)10-13)20-11-12-4-7-14(19)8-5-12/h4-10H,11H2,1-3H3. The average molecular weight is 354 g/mol. The van der Waals surface area contributed by atoms with Crippen LogP contribution in [0.4, 0.5) is 0 Å². The molecule has 0 unspecified atom stereocenters. The zero-order valence-electron chi connectivity index (χ0n) is 11.9. The summed E-state index contributed by atoms with van der Waals surface area (Å²) in [5.74, 6) is 0.855. The maximum absolute atomic E-state index is 5.87. The van der Waals surface area contributed by atoms with Gasteiger partial charge in [-0.25, -0.2) is 0 Å². The van der Waals surface area contributed by atoms with E-state index < -0.39 is 0 Å². The normalized spacial score (nSPS) is 11.4. The van der Waals surface area contributed by atoms with Crippen LogP contribution in [0.5, 0.6) is 5.75 Å².